The Morgan fingerprint density at radius 3 is 2.21 bits per heavy atom. The molecular weight excluding hydrogens is 282 g/mol. The highest BCUT2D eigenvalue weighted by Gasteiger charge is 2.10. The van der Waals surface area contributed by atoms with Crippen molar-refractivity contribution in [1.82, 2.24) is 9.80 Å². The van der Waals surface area contributed by atoms with E-state index in [-0.39, 0.29) is 6.10 Å². The topological polar surface area (TPSA) is 48.3 Å². The molecule has 0 saturated heterocycles. The van der Waals surface area contributed by atoms with Crippen molar-refractivity contribution in [1.29, 1.82) is 0 Å². The second-order valence-corrected chi connectivity index (χ2v) is 6.47. The molecule has 1 atom stereocenters. The summed E-state index contributed by atoms with van der Waals surface area (Å²) >= 11 is 6.55. The first-order valence-electron chi connectivity index (χ1n) is 6.13. The summed E-state index contributed by atoms with van der Waals surface area (Å²) in [7, 11) is 7.66. The van der Waals surface area contributed by atoms with Crippen molar-refractivity contribution >= 4 is 34.3 Å². The van der Waals surface area contributed by atoms with Crippen molar-refractivity contribution in [3.05, 3.63) is 0 Å². The van der Waals surface area contributed by atoms with E-state index < -0.39 is 6.10 Å². The molecule has 1 unspecified atom stereocenters. The predicted molar refractivity (Wildman–Crippen MR) is 87.0 cm³/mol. The lowest BCUT2D eigenvalue weighted by Crippen LogP contribution is -2.35. The monoisotopic (exact) mass is 307 g/mol. The van der Waals surface area contributed by atoms with Crippen LogP contribution < -0.4 is 0 Å². The average molecular weight is 307 g/mol. The molecular formula is C12H25N3O2S2. The highest BCUT2D eigenvalue weighted by molar-refractivity contribution is 8.23. The van der Waals surface area contributed by atoms with Gasteiger partial charge in [0.25, 0.3) is 0 Å². The van der Waals surface area contributed by atoms with E-state index in [1.807, 2.05) is 51.8 Å². The Kier molecular flexibility index (Phi) is 9.34. The number of aliphatic hydroxyl groups excluding tert-OH is 1. The van der Waals surface area contributed by atoms with Gasteiger partial charge in [-0.2, -0.15) is 4.99 Å². The summed E-state index contributed by atoms with van der Waals surface area (Å²) in [5.74, 6) is 1.27. The lowest BCUT2D eigenvalue weighted by Gasteiger charge is -2.22. The van der Waals surface area contributed by atoms with Gasteiger partial charge in [0.15, 0.2) is 4.32 Å². The van der Waals surface area contributed by atoms with Gasteiger partial charge in [-0.25, -0.2) is 0 Å². The maximum absolute atomic E-state index is 9.72. The molecule has 112 valence electrons. The fraction of sp³-hybridized carbons (Fsp3) is 0.833. The first-order chi connectivity index (χ1) is 8.73. The number of thioether (sulfide) groups is 1. The number of nitrogens with zero attached hydrogens (tertiary/aromatic N) is 3. The van der Waals surface area contributed by atoms with Gasteiger partial charge in [0.1, 0.15) is 0 Å². The zero-order chi connectivity index (χ0) is 15.0. The van der Waals surface area contributed by atoms with Crippen LogP contribution in [0.1, 0.15) is 13.8 Å². The highest BCUT2D eigenvalue weighted by atomic mass is 32.2. The van der Waals surface area contributed by atoms with Gasteiger partial charge in [-0.3, -0.25) is 0 Å². The van der Waals surface area contributed by atoms with Crippen LogP contribution in [0, 0.1) is 0 Å². The van der Waals surface area contributed by atoms with E-state index in [9.17, 15) is 5.11 Å². The average Bonchev–Trinajstić information content (AvgIpc) is 2.29. The number of guanidine groups is 1. The van der Waals surface area contributed by atoms with Crippen LogP contribution >= 0.6 is 24.0 Å². The number of aliphatic imine (C=N–C) groups is 1. The predicted octanol–water partition coefficient (Wildman–Crippen LogP) is 1.27. The van der Waals surface area contributed by atoms with Crippen molar-refractivity contribution in [3.63, 3.8) is 0 Å². The lowest BCUT2D eigenvalue weighted by atomic mass is 10.4. The minimum Gasteiger partial charge on any atom is -0.390 e. The fourth-order valence-electron chi connectivity index (χ4n) is 1.23. The Balaban J connectivity index is 4.20. The minimum absolute atomic E-state index is 0.124. The zero-order valence-electron chi connectivity index (χ0n) is 12.6. The van der Waals surface area contributed by atoms with E-state index in [0.29, 0.717) is 16.7 Å². The van der Waals surface area contributed by atoms with Crippen LogP contribution in [0.15, 0.2) is 4.99 Å². The summed E-state index contributed by atoms with van der Waals surface area (Å²) < 4.78 is 5.85. The van der Waals surface area contributed by atoms with E-state index in [4.69, 9.17) is 17.0 Å². The third-order valence-corrected chi connectivity index (χ3v) is 3.35. The van der Waals surface area contributed by atoms with E-state index in [2.05, 4.69) is 4.99 Å². The van der Waals surface area contributed by atoms with Gasteiger partial charge in [-0.1, -0.05) is 24.0 Å². The van der Waals surface area contributed by atoms with Crippen LogP contribution in [0.25, 0.3) is 0 Å². The molecule has 0 aliphatic carbocycles. The first kappa shape index (κ1) is 18.6. The van der Waals surface area contributed by atoms with E-state index in [1.54, 1.807) is 0 Å². The van der Waals surface area contributed by atoms with Gasteiger partial charge < -0.3 is 19.6 Å². The third kappa shape index (κ3) is 9.21. The molecule has 0 heterocycles. The molecule has 0 fully saturated rings. The summed E-state index contributed by atoms with van der Waals surface area (Å²) in [4.78, 5) is 8.14. The van der Waals surface area contributed by atoms with Gasteiger partial charge in [-0.05, 0) is 13.8 Å². The largest absolute Gasteiger partial charge is 0.390 e. The molecule has 5 nitrogen and oxygen atoms in total. The van der Waals surface area contributed by atoms with Crippen LogP contribution in [0.4, 0.5) is 0 Å². The summed E-state index contributed by atoms with van der Waals surface area (Å²) in [5, 5.41) is 9.72. The van der Waals surface area contributed by atoms with E-state index in [1.165, 1.54) is 11.8 Å². The number of hydrogen-bond acceptors (Lipinski definition) is 4. The molecule has 0 bridgehead atoms. The highest BCUT2D eigenvalue weighted by Crippen LogP contribution is 2.10. The SMILES string of the molecule is CC(C)OCC(O)CSC(=S)N=C(N(C)C)N(C)C. The molecule has 0 amide bonds. The molecule has 0 rings (SSSR count). The molecule has 0 aliphatic rings. The van der Waals surface area contributed by atoms with Gasteiger partial charge >= 0.3 is 0 Å². The molecule has 0 spiro atoms. The summed E-state index contributed by atoms with van der Waals surface area (Å²) in [6.45, 7) is 4.20. The smallest absolute Gasteiger partial charge is 0.202 e. The Labute approximate surface area is 126 Å². The molecule has 19 heavy (non-hydrogen) atoms. The Bertz CT molecular complexity index is 297. The van der Waals surface area contributed by atoms with Crippen molar-refractivity contribution in [2.75, 3.05) is 40.6 Å². The Hall–Kier alpha value is -0.370. The fourth-order valence-corrected chi connectivity index (χ4v) is 2.10. The van der Waals surface area contributed by atoms with E-state index in [0.717, 1.165) is 5.96 Å². The second kappa shape index (κ2) is 9.52. The molecule has 0 aromatic rings. The van der Waals surface area contributed by atoms with Gasteiger partial charge in [0.05, 0.1) is 18.8 Å². The van der Waals surface area contributed by atoms with Crippen molar-refractivity contribution in [3.8, 4) is 0 Å². The van der Waals surface area contributed by atoms with E-state index >= 15 is 0 Å². The zero-order valence-corrected chi connectivity index (χ0v) is 14.2. The third-order valence-electron chi connectivity index (χ3n) is 2.01. The molecule has 7 heteroatoms. The molecule has 0 aliphatic heterocycles. The second-order valence-electron chi connectivity index (χ2n) is 4.81. The summed E-state index contributed by atoms with van der Waals surface area (Å²) in [6, 6.07) is 0. The van der Waals surface area contributed by atoms with Crippen LogP contribution in [0.3, 0.4) is 0 Å². The lowest BCUT2D eigenvalue weighted by molar-refractivity contribution is 0.0153. The first-order valence-corrected chi connectivity index (χ1v) is 7.53. The van der Waals surface area contributed by atoms with Gasteiger partial charge in [0.2, 0.25) is 5.96 Å². The number of rotatable bonds is 5. The molecule has 0 saturated carbocycles. The van der Waals surface area contributed by atoms with Gasteiger partial charge in [0, 0.05) is 33.9 Å². The number of ether oxygens (including phenoxy) is 1. The maximum Gasteiger partial charge on any atom is 0.202 e. The van der Waals surface area contributed by atoms with Crippen LogP contribution in [-0.4, -0.2) is 77.9 Å². The summed E-state index contributed by atoms with van der Waals surface area (Å²) in [6.07, 6.45) is -0.401. The normalized spacial score (nSPS) is 12.2. The standard InChI is InChI=1S/C12H25N3O2S2/c1-9(2)17-7-10(16)8-19-12(18)13-11(14(3)4)15(5)6/h9-10,16H,7-8H2,1-6H3. The van der Waals surface area contributed by atoms with Crippen molar-refractivity contribution < 1.29 is 9.84 Å². The molecule has 1 N–H and O–H groups in total. The maximum atomic E-state index is 9.72. The Morgan fingerprint density at radius 1 is 1.26 bits per heavy atom. The molecule has 0 aromatic heterocycles. The van der Waals surface area contributed by atoms with Crippen LogP contribution in [-0.2, 0) is 4.74 Å². The Morgan fingerprint density at radius 2 is 1.79 bits per heavy atom. The van der Waals surface area contributed by atoms with Crippen LogP contribution in [0.2, 0.25) is 0 Å². The molecule has 0 aromatic carbocycles. The molecule has 0 radical (unpaired) electrons. The van der Waals surface area contributed by atoms with Crippen molar-refractivity contribution in [2.45, 2.75) is 26.1 Å². The summed E-state index contributed by atoms with van der Waals surface area (Å²) in [5.41, 5.74) is 0. The van der Waals surface area contributed by atoms with Crippen LogP contribution in [0.5, 0.6) is 0 Å². The number of aliphatic hydroxyl groups is 1. The number of thiocarbonyl (C=S) groups is 1. The quantitative estimate of drug-likeness (QED) is 0.469. The van der Waals surface area contributed by atoms with Gasteiger partial charge in [-0.15, -0.1) is 0 Å². The van der Waals surface area contributed by atoms with Crippen molar-refractivity contribution in [2.24, 2.45) is 4.99 Å². The minimum atomic E-state index is -0.525. The number of hydrogen-bond donors (Lipinski definition) is 1.